The molecule has 4 heteroatoms. The van der Waals surface area contributed by atoms with Crippen LogP contribution in [0.2, 0.25) is 0 Å². The Morgan fingerprint density at radius 1 is 0.471 bits per heavy atom. The van der Waals surface area contributed by atoms with Crippen molar-refractivity contribution in [1.82, 2.24) is 0 Å². The van der Waals surface area contributed by atoms with E-state index in [9.17, 15) is 18.4 Å². The molecule has 0 unspecified atom stereocenters. The number of carbonyl (C=O) groups excluding carboxylic acids is 2. The summed E-state index contributed by atoms with van der Waals surface area (Å²) < 4.78 is 25.3. The molecule has 4 aromatic carbocycles. The summed E-state index contributed by atoms with van der Waals surface area (Å²) in [6.45, 7) is 0. The minimum absolute atomic E-state index is 0.0603. The Morgan fingerprint density at radius 2 is 0.853 bits per heavy atom. The molecule has 0 fully saturated rings. The smallest absolute Gasteiger partial charge is 0.185 e. The Kier molecular flexibility index (Phi) is 8.94. The monoisotopic (exact) mass is 452 g/mol. The molecule has 0 aliphatic heterocycles. The number of hydrogen-bond donors (Lipinski definition) is 0. The van der Waals surface area contributed by atoms with E-state index in [0.29, 0.717) is 11.1 Å². The van der Waals surface area contributed by atoms with Gasteiger partial charge in [-0.3, -0.25) is 9.59 Å². The summed E-state index contributed by atoms with van der Waals surface area (Å²) in [5, 5.41) is 0. The summed E-state index contributed by atoms with van der Waals surface area (Å²) in [5.74, 6) is -0.811. The minimum Gasteiger partial charge on any atom is -0.289 e. The van der Waals surface area contributed by atoms with Gasteiger partial charge in [-0.25, -0.2) is 8.78 Å². The Balaban J connectivity index is 0.000000191. The van der Waals surface area contributed by atoms with Crippen molar-refractivity contribution in [2.24, 2.45) is 0 Å². The van der Waals surface area contributed by atoms with Gasteiger partial charge < -0.3 is 0 Å². The number of benzene rings is 4. The molecule has 0 radical (unpaired) electrons. The summed E-state index contributed by atoms with van der Waals surface area (Å²) >= 11 is 0. The van der Waals surface area contributed by atoms with Crippen LogP contribution in [0.4, 0.5) is 8.78 Å². The molecule has 0 heterocycles. The van der Waals surface area contributed by atoms with Gasteiger partial charge in [-0.1, -0.05) is 84.9 Å². The predicted octanol–water partition coefficient (Wildman–Crippen LogP) is 7.44. The van der Waals surface area contributed by atoms with Gasteiger partial charge in [0, 0.05) is 11.1 Å². The van der Waals surface area contributed by atoms with Gasteiger partial charge in [0.1, 0.15) is 11.6 Å². The van der Waals surface area contributed by atoms with E-state index in [1.165, 1.54) is 48.6 Å². The molecule has 0 amide bonds. The van der Waals surface area contributed by atoms with Crippen LogP contribution in [-0.4, -0.2) is 11.6 Å². The lowest BCUT2D eigenvalue weighted by molar-refractivity contribution is 0.103. The molecule has 0 aromatic heterocycles. The van der Waals surface area contributed by atoms with E-state index in [-0.39, 0.29) is 23.2 Å². The molecule has 4 aromatic rings. The molecule has 0 saturated carbocycles. The van der Waals surface area contributed by atoms with Crippen LogP contribution in [-0.2, 0) is 0 Å². The predicted molar refractivity (Wildman–Crippen MR) is 132 cm³/mol. The number of rotatable bonds is 6. The zero-order chi connectivity index (χ0) is 24.2. The van der Waals surface area contributed by atoms with Crippen LogP contribution in [0.5, 0.6) is 0 Å². The maximum absolute atomic E-state index is 12.7. The van der Waals surface area contributed by atoms with Crippen molar-refractivity contribution in [3.05, 3.63) is 155 Å². The maximum Gasteiger partial charge on any atom is 0.185 e. The molecule has 0 spiro atoms. The molecule has 0 aliphatic carbocycles. The fraction of sp³-hybridized carbons (Fsp3) is 0. The number of halogens is 2. The van der Waals surface area contributed by atoms with Crippen molar-refractivity contribution in [2.45, 2.75) is 0 Å². The highest BCUT2D eigenvalue weighted by molar-refractivity contribution is 6.07. The molecule has 34 heavy (non-hydrogen) atoms. The average Bonchev–Trinajstić information content (AvgIpc) is 2.89. The first kappa shape index (κ1) is 24.2. The standard InChI is InChI=1S/2C15H11FO/c16-14-9-7-13(8-10-14)15(17)11-6-12-4-2-1-3-5-12;16-14-9-6-12(7-10-14)8-11-15(17)13-4-2-1-3-5-13/h2*1-11H/b11-6+;11-8+. The van der Waals surface area contributed by atoms with Crippen molar-refractivity contribution >= 4 is 23.7 Å². The molecule has 4 rings (SSSR count). The highest BCUT2D eigenvalue weighted by Gasteiger charge is 2.01. The third-order valence-corrected chi connectivity index (χ3v) is 4.71. The highest BCUT2D eigenvalue weighted by atomic mass is 19.1. The van der Waals surface area contributed by atoms with E-state index in [2.05, 4.69) is 0 Å². The topological polar surface area (TPSA) is 34.1 Å². The van der Waals surface area contributed by atoms with E-state index in [1.807, 2.05) is 48.5 Å². The molecular formula is C30H22F2O2. The second-order valence-electron chi connectivity index (χ2n) is 7.23. The largest absolute Gasteiger partial charge is 0.289 e. The number of carbonyl (C=O) groups is 2. The van der Waals surface area contributed by atoms with Crippen molar-refractivity contribution in [2.75, 3.05) is 0 Å². The highest BCUT2D eigenvalue weighted by Crippen LogP contribution is 2.08. The van der Waals surface area contributed by atoms with Crippen molar-refractivity contribution in [3.63, 3.8) is 0 Å². The molecule has 0 N–H and O–H groups in total. The van der Waals surface area contributed by atoms with E-state index in [4.69, 9.17) is 0 Å². The first-order valence-electron chi connectivity index (χ1n) is 10.6. The molecule has 0 atom stereocenters. The van der Waals surface area contributed by atoms with Crippen LogP contribution < -0.4 is 0 Å². The normalized spacial score (nSPS) is 10.6. The molecule has 0 bridgehead atoms. The summed E-state index contributed by atoms with van der Waals surface area (Å²) in [5.41, 5.74) is 2.89. The van der Waals surface area contributed by atoms with Crippen LogP contribution >= 0.6 is 0 Å². The van der Waals surface area contributed by atoms with E-state index in [0.717, 1.165) is 11.1 Å². The summed E-state index contributed by atoms with van der Waals surface area (Å²) in [6.07, 6.45) is 6.39. The first-order chi connectivity index (χ1) is 16.5. The van der Waals surface area contributed by atoms with Crippen molar-refractivity contribution in [3.8, 4) is 0 Å². The van der Waals surface area contributed by atoms with E-state index < -0.39 is 0 Å². The zero-order valence-electron chi connectivity index (χ0n) is 18.3. The third-order valence-electron chi connectivity index (χ3n) is 4.71. The quantitative estimate of drug-likeness (QED) is 0.225. The van der Waals surface area contributed by atoms with Gasteiger partial charge in [0.15, 0.2) is 11.6 Å². The fourth-order valence-corrected chi connectivity index (χ4v) is 2.89. The van der Waals surface area contributed by atoms with Gasteiger partial charge in [-0.15, -0.1) is 0 Å². The van der Waals surface area contributed by atoms with Gasteiger partial charge in [0.25, 0.3) is 0 Å². The molecule has 0 saturated heterocycles. The lowest BCUT2D eigenvalue weighted by Crippen LogP contribution is -1.93. The van der Waals surface area contributed by atoms with Gasteiger partial charge in [0.2, 0.25) is 0 Å². The Labute approximate surface area is 197 Å². The second-order valence-corrected chi connectivity index (χ2v) is 7.23. The average molecular weight is 453 g/mol. The lowest BCUT2D eigenvalue weighted by Gasteiger charge is -1.95. The number of allylic oxidation sites excluding steroid dienone is 2. The van der Waals surface area contributed by atoms with Gasteiger partial charge in [0.05, 0.1) is 0 Å². The molecule has 0 aliphatic rings. The Morgan fingerprint density at radius 3 is 1.35 bits per heavy atom. The Hall–Kier alpha value is -4.44. The maximum atomic E-state index is 12.7. The van der Waals surface area contributed by atoms with E-state index in [1.54, 1.807) is 36.4 Å². The zero-order valence-corrected chi connectivity index (χ0v) is 18.3. The SMILES string of the molecule is O=C(/C=C/c1ccc(F)cc1)c1ccccc1.O=C(/C=C/c1ccccc1)c1ccc(F)cc1. The minimum atomic E-state index is -0.339. The second kappa shape index (κ2) is 12.6. The number of hydrogen-bond acceptors (Lipinski definition) is 2. The summed E-state index contributed by atoms with van der Waals surface area (Å²) in [4.78, 5) is 23.4. The third kappa shape index (κ3) is 7.92. The van der Waals surface area contributed by atoms with Crippen LogP contribution in [0.15, 0.2) is 121 Å². The van der Waals surface area contributed by atoms with Crippen LogP contribution in [0.1, 0.15) is 31.8 Å². The van der Waals surface area contributed by atoms with Crippen LogP contribution in [0, 0.1) is 11.6 Å². The molecule has 2 nitrogen and oxygen atoms in total. The van der Waals surface area contributed by atoms with Crippen molar-refractivity contribution < 1.29 is 18.4 Å². The summed E-state index contributed by atoms with van der Waals surface area (Å²) in [6, 6.07) is 30.1. The van der Waals surface area contributed by atoms with Gasteiger partial charge in [-0.05, 0) is 59.7 Å². The van der Waals surface area contributed by atoms with Crippen LogP contribution in [0.25, 0.3) is 12.2 Å². The van der Waals surface area contributed by atoms with Gasteiger partial charge in [-0.2, -0.15) is 0 Å². The van der Waals surface area contributed by atoms with E-state index >= 15 is 0 Å². The Bertz CT molecular complexity index is 1260. The summed E-state index contributed by atoms with van der Waals surface area (Å²) in [7, 11) is 0. The lowest BCUT2D eigenvalue weighted by atomic mass is 10.1. The van der Waals surface area contributed by atoms with Gasteiger partial charge >= 0.3 is 0 Å². The fourth-order valence-electron chi connectivity index (χ4n) is 2.89. The number of ketones is 2. The first-order valence-corrected chi connectivity index (χ1v) is 10.6. The van der Waals surface area contributed by atoms with Crippen LogP contribution in [0.3, 0.4) is 0 Å². The molecule has 168 valence electrons. The molecular weight excluding hydrogens is 430 g/mol. The van der Waals surface area contributed by atoms with Crippen molar-refractivity contribution in [1.29, 1.82) is 0 Å².